The highest BCUT2D eigenvalue weighted by molar-refractivity contribution is 7.47. The summed E-state index contributed by atoms with van der Waals surface area (Å²) in [6.45, 7) is -1.69. The van der Waals surface area contributed by atoms with Crippen molar-refractivity contribution in [2.24, 2.45) is 0 Å². The van der Waals surface area contributed by atoms with Gasteiger partial charge in [0.25, 0.3) is 5.56 Å². The Labute approximate surface area is 247 Å². The van der Waals surface area contributed by atoms with Crippen molar-refractivity contribution in [3.8, 4) is 0 Å². The fourth-order valence-electron chi connectivity index (χ4n) is 5.33. The second-order valence-electron chi connectivity index (χ2n) is 10.1. The molecule has 0 radical (unpaired) electrons. The van der Waals surface area contributed by atoms with Crippen LogP contribution >= 0.6 is 15.6 Å². The van der Waals surface area contributed by atoms with Gasteiger partial charge in [0.1, 0.15) is 42.7 Å². The van der Waals surface area contributed by atoms with Crippen LogP contribution in [0.3, 0.4) is 0 Å². The first kappa shape index (κ1) is 30.2. The number of anilines is 1. The summed E-state index contributed by atoms with van der Waals surface area (Å²) in [6.07, 6.45) is -9.48. The number of phosphoric acid groups is 2. The summed E-state index contributed by atoms with van der Waals surface area (Å²) in [5, 5.41) is 26.0. The zero-order chi connectivity index (χ0) is 31.8. The summed E-state index contributed by atoms with van der Waals surface area (Å²) in [7, 11) is -10.2. The molecule has 8 N–H and O–H groups in total. The lowest BCUT2D eigenvalue weighted by atomic mass is 10.0. The zero-order valence-electron chi connectivity index (χ0n) is 22.3. The van der Waals surface area contributed by atoms with Crippen molar-refractivity contribution in [3.63, 3.8) is 0 Å². The number of hydrogen-bond acceptors (Lipinski definition) is 17. The number of imidazole rings is 1. The molecule has 4 aromatic rings. The molecule has 3 saturated heterocycles. The molecular weight excluding hydrogens is 652 g/mol. The number of fused-ring (bicyclic) bond motifs is 5. The van der Waals surface area contributed by atoms with E-state index in [9.17, 15) is 38.7 Å². The molecule has 3 aliphatic heterocycles. The third-order valence-corrected chi connectivity index (χ3v) is 9.30. The number of nitrogens with zero attached hydrogens (tertiary/aromatic N) is 6. The van der Waals surface area contributed by atoms with Crippen LogP contribution in [0.5, 0.6) is 0 Å². The lowest BCUT2D eigenvalue weighted by molar-refractivity contribution is -0.0636. The normalized spacial score (nSPS) is 37.7. The van der Waals surface area contributed by atoms with Crippen LogP contribution < -0.4 is 17.0 Å². The van der Waals surface area contributed by atoms with Crippen molar-refractivity contribution in [1.29, 1.82) is 0 Å². The van der Waals surface area contributed by atoms with E-state index in [1.165, 1.54) is 6.20 Å². The van der Waals surface area contributed by atoms with Gasteiger partial charge in [0.05, 0.1) is 32.1 Å². The number of aromatic nitrogens is 8. The second kappa shape index (κ2) is 10.8. The third kappa shape index (κ3) is 5.31. The molecule has 10 atom stereocenters. The molecule has 7 heterocycles. The first-order valence-electron chi connectivity index (χ1n) is 12.9. The van der Waals surface area contributed by atoms with Crippen molar-refractivity contribution < 1.29 is 56.7 Å². The van der Waals surface area contributed by atoms with Gasteiger partial charge in [-0.2, -0.15) is 14.6 Å². The van der Waals surface area contributed by atoms with Crippen molar-refractivity contribution in [2.45, 2.75) is 49.0 Å². The summed E-state index contributed by atoms with van der Waals surface area (Å²) < 4.78 is 60.5. The molecule has 2 bridgehead atoms. The van der Waals surface area contributed by atoms with Crippen molar-refractivity contribution >= 4 is 38.4 Å². The molecule has 23 nitrogen and oxygen atoms in total. The van der Waals surface area contributed by atoms with Crippen LogP contribution in [0, 0.1) is 0 Å². The quantitative estimate of drug-likeness (QED) is 0.106. The van der Waals surface area contributed by atoms with E-state index in [4.69, 9.17) is 33.3 Å². The highest BCUT2D eigenvalue weighted by Gasteiger charge is 2.54. The fourth-order valence-corrected chi connectivity index (χ4v) is 7.23. The van der Waals surface area contributed by atoms with Gasteiger partial charge in [-0.25, -0.2) is 23.9 Å². The molecule has 0 amide bonds. The Bertz CT molecular complexity index is 2000. The molecule has 242 valence electrons. The van der Waals surface area contributed by atoms with E-state index >= 15 is 0 Å². The molecule has 2 unspecified atom stereocenters. The van der Waals surface area contributed by atoms with Crippen LogP contribution in [0.1, 0.15) is 17.9 Å². The minimum absolute atomic E-state index is 0.0175. The number of aromatic amines is 2. The molecule has 4 aromatic heterocycles. The Morgan fingerprint density at radius 3 is 2.42 bits per heavy atom. The van der Waals surface area contributed by atoms with Gasteiger partial charge in [0, 0.05) is 5.56 Å². The van der Waals surface area contributed by atoms with E-state index in [0.29, 0.717) is 0 Å². The predicted octanol–water partition coefficient (Wildman–Crippen LogP) is -2.79. The van der Waals surface area contributed by atoms with E-state index in [0.717, 1.165) is 21.7 Å². The monoisotopic (exact) mass is 675 g/mol. The molecule has 45 heavy (non-hydrogen) atoms. The summed E-state index contributed by atoms with van der Waals surface area (Å²) >= 11 is 0. The van der Waals surface area contributed by atoms with E-state index < -0.39 is 89.1 Å². The highest BCUT2D eigenvalue weighted by atomic mass is 31.2. The number of nitrogens with two attached hydrogens (primary N) is 1. The molecule has 0 spiro atoms. The van der Waals surface area contributed by atoms with Gasteiger partial charge in [0.15, 0.2) is 23.0 Å². The van der Waals surface area contributed by atoms with E-state index in [-0.39, 0.29) is 28.3 Å². The Balaban J connectivity index is 1.21. The van der Waals surface area contributed by atoms with Crippen molar-refractivity contribution in [2.75, 3.05) is 18.9 Å². The maximum Gasteiger partial charge on any atom is 0.472 e. The van der Waals surface area contributed by atoms with Crippen LogP contribution in [0.4, 0.5) is 5.95 Å². The first-order valence-corrected chi connectivity index (χ1v) is 15.9. The van der Waals surface area contributed by atoms with Gasteiger partial charge in [-0.15, -0.1) is 0 Å². The number of ether oxygens (including phenoxy) is 2. The molecule has 7 rings (SSSR count). The number of H-pyrrole nitrogens is 2. The summed E-state index contributed by atoms with van der Waals surface area (Å²) in [5.41, 5.74) is 4.03. The molecule has 0 aromatic carbocycles. The predicted molar refractivity (Wildman–Crippen MR) is 141 cm³/mol. The lowest BCUT2D eigenvalue weighted by Crippen LogP contribution is -2.36. The fraction of sp³-hybridized carbons (Fsp3) is 0.500. The van der Waals surface area contributed by atoms with Gasteiger partial charge in [-0.1, -0.05) is 0 Å². The van der Waals surface area contributed by atoms with Gasteiger partial charge in [-0.05, 0) is 0 Å². The van der Waals surface area contributed by atoms with E-state index in [2.05, 4.69) is 30.0 Å². The first-order chi connectivity index (χ1) is 21.3. The molecule has 3 fully saturated rings. The average Bonchev–Trinajstić information content (AvgIpc) is 3.72. The van der Waals surface area contributed by atoms with E-state index in [1.807, 2.05) is 0 Å². The number of phosphoric ester groups is 2. The van der Waals surface area contributed by atoms with Crippen LogP contribution in [0.15, 0.2) is 28.4 Å². The number of rotatable bonds is 2. The molecule has 25 heteroatoms. The number of nitrogens with one attached hydrogen (secondary N) is 2. The van der Waals surface area contributed by atoms with Crippen LogP contribution in [0.2, 0.25) is 0 Å². The average molecular weight is 675 g/mol. The SMILES string of the molecule is Nc1nc2c(ncn2[C@@H]2O[C@@H]3COP(=O)(O)O[C@H]4[C@@H](O)[C@H](c5cnn6c(=O)[nH]cnc56)O[C@@H]4COP(=O)(O)O[C@@H]2[C@@H]3O)c(=O)[nH]1. The van der Waals surface area contributed by atoms with Gasteiger partial charge < -0.3 is 35.2 Å². The summed E-state index contributed by atoms with van der Waals surface area (Å²) in [4.78, 5) is 62.1. The molecule has 0 saturated carbocycles. The topological polar surface area (TPSA) is 323 Å². The molecular formula is C20H23N9O14P2. The van der Waals surface area contributed by atoms with Crippen molar-refractivity contribution in [3.05, 3.63) is 45.3 Å². The minimum Gasteiger partial charge on any atom is -0.387 e. The number of aliphatic hydroxyl groups is 2. The Morgan fingerprint density at radius 2 is 1.67 bits per heavy atom. The molecule has 0 aliphatic carbocycles. The van der Waals surface area contributed by atoms with Gasteiger partial charge in [-0.3, -0.25) is 37.4 Å². The summed E-state index contributed by atoms with van der Waals surface area (Å²) in [5.74, 6) is -0.292. The van der Waals surface area contributed by atoms with Crippen molar-refractivity contribution in [1.82, 2.24) is 39.1 Å². The smallest absolute Gasteiger partial charge is 0.387 e. The number of aliphatic hydroxyl groups excluding tert-OH is 2. The Kier molecular flexibility index (Phi) is 7.27. The lowest BCUT2D eigenvalue weighted by Gasteiger charge is -2.25. The number of hydrogen-bond donors (Lipinski definition) is 7. The third-order valence-electron chi connectivity index (χ3n) is 7.33. The van der Waals surface area contributed by atoms with E-state index in [1.54, 1.807) is 0 Å². The van der Waals surface area contributed by atoms with Gasteiger partial charge in [0.2, 0.25) is 5.95 Å². The summed E-state index contributed by atoms with van der Waals surface area (Å²) in [6, 6.07) is 0. The van der Waals surface area contributed by atoms with Gasteiger partial charge >= 0.3 is 21.3 Å². The minimum atomic E-state index is -5.13. The van der Waals surface area contributed by atoms with Crippen LogP contribution in [-0.2, 0) is 36.7 Å². The van der Waals surface area contributed by atoms with Crippen LogP contribution in [-0.4, -0.2) is 109 Å². The highest BCUT2D eigenvalue weighted by Crippen LogP contribution is 2.54. The largest absolute Gasteiger partial charge is 0.472 e. The Morgan fingerprint density at radius 1 is 0.956 bits per heavy atom. The second-order valence-corrected chi connectivity index (χ2v) is 12.9. The standard InChI is InChI=1S/C20H23N9O14P2/c21-19-26-16-9(17(32)27-19)24-5-28(16)18-14-10(30)7(41-18)2-38-44(34,35)42-13-8(3-39-45(36,37)43-14)40-12(11(13)31)6-1-25-29-15(6)22-4-23-20(29)33/h1,4-5,7-8,10-14,18,30-31H,2-3H2,(H,34,35)(H,36,37)(H,22,23,33)(H3,21,26,27,32)/t7-,8-,10-,11+,12+,13-,14-,18-/m1/s1. The molecule has 3 aliphatic rings. The maximum absolute atomic E-state index is 13.2. The zero-order valence-corrected chi connectivity index (χ0v) is 24.1. The maximum atomic E-state index is 13.2. The van der Waals surface area contributed by atoms with Crippen LogP contribution in [0.25, 0.3) is 16.8 Å². The Hall–Kier alpha value is -3.44. The number of nitrogen functional groups attached to an aromatic ring is 1.